The third-order valence-electron chi connectivity index (χ3n) is 7.22. The molecule has 0 unspecified atom stereocenters. The fraction of sp³-hybridized carbons (Fsp3) is 0.286. The summed E-state index contributed by atoms with van der Waals surface area (Å²) >= 11 is 7.11. The Balaban J connectivity index is 1.51. The van der Waals surface area contributed by atoms with Crippen LogP contribution in [0.3, 0.4) is 0 Å². The molecule has 5 rings (SSSR count). The number of hydrogen-bond acceptors (Lipinski definition) is 9. The van der Waals surface area contributed by atoms with Crippen LogP contribution in [0.4, 0.5) is 9.52 Å². The summed E-state index contributed by atoms with van der Waals surface area (Å²) in [6.45, 7) is 3.11. The van der Waals surface area contributed by atoms with Crippen LogP contribution in [-0.2, 0) is 15.8 Å². The van der Waals surface area contributed by atoms with Gasteiger partial charge in [0.2, 0.25) is 5.91 Å². The monoisotopic (exact) mass is 584 g/mol. The molecule has 0 spiro atoms. The molecule has 2 aromatic heterocycles. The van der Waals surface area contributed by atoms with E-state index >= 15 is 0 Å². The Hall–Kier alpha value is -3.80. The number of ether oxygens (including phenoxy) is 2. The standard InChI is InChI=1S/C28H26ClFN4O5S/c1-27(25(31)36)12-39-24-15(27)11-21(33-22(24)13-4-5-16(29)17(30)8-13)28(2,37)7-6-18(35)14-9-19(38-3)23-20(10-14)40-26(32)34-23/h4-5,8-11,37H,6-7,12H2,1-3H3,(H2,31,36)(H2,32,34)/t27-,28-/m0/s1. The zero-order chi connectivity index (χ0) is 29.0. The zero-order valence-corrected chi connectivity index (χ0v) is 23.5. The van der Waals surface area contributed by atoms with Crippen LogP contribution >= 0.6 is 22.9 Å². The normalized spacial score (nSPS) is 17.8. The molecule has 0 saturated carbocycles. The number of pyridine rings is 1. The molecular weight excluding hydrogens is 559 g/mol. The van der Waals surface area contributed by atoms with E-state index in [-0.39, 0.29) is 47.4 Å². The third-order valence-corrected chi connectivity index (χ3v) is 8.36. The van der Waals surface area contributed by atoms with Gasteiger partial charge >= 0.3 is 0 Å². The molecule has 3 heterocycles. The Morgan fingerprint density at radius 1 is 1.27 bits per heavy atom. The number of rotatable bonds is 8. The van der Waals surface area contributed by atoms with Crippen LogP contribution in [0.5, 0.6) is 11.5 Å². The van der Waals surface area contributed by atoms with Crippen LogP contribution in [0.1, 0.15) is 48.3 Å². The lowest BCUT2D eigenvalue weighted by molar-refractivity contribution is -0.123. The second-order valence-electron chi connectivity index (χ2n) is 10.1. The van der Waals surface area contributed by atoms with Gasteiger partial charge in [-0.1, -0.05) is 29.0 Å². The van der Waals surface area contributed by atoms with Crippen molar-refractivity contribution in [3.63, 3.8) is 0 Å². The van der Waals surface area contributed by atoms with Crippen molar-refractivity contribution in [2.45, 2.75) is 37.7 Å². The molecule has 4 aromatic rings. The number of anilines is 1. The van der Waals surface area contributed by atoms with Crippen molar-refractivity contribution in [1.82, 2.24) is 9.97 Å². The molecule has 12 heteroatoms. The number of ketones is 1. The van der Waals surface area contributed by atoms with Crippen LogP contribution in [0, 0.1) is 5.82 Å². The van der Waals surface area contributed by atoms with Gasteiger partial charge in [0.1, 0.15) is 46.1 Å². The van der Waals surface area contributed by atoms with E-state index in [0.717, 1.165) is 0 Å². The molecule has 40 heavy (non-hydrogen) atoms. The SMILES string of the molecule is COc1cc(C(=O)CC[C@](C)(O)c2cc3c(c(-c4ccc(Cl)c(F)c4)n2)OC[C@]3(C)C(N)=O)cc2sc(N)nc12. The molecule has 208 valence electrons. The number of carbonyl (C=O) groups excluding carboxylic acids is 2. The van der Waals surface area contributed by atoms with E-state index < -0.39 is 22.7 Å². The van der Waals surface area contributed by atoms with Gasteiger partial charge in [0.05, 0.1) is 22.5 Å². The molecule has 1 amide bonds. The van der Waals surface area contributed by atoms with Gasteiger partial charge in [-0.3, -0.25) is 9.59 Å². The van der Waals surface area contributed by atoms with Crippen molar-refractivity contribution in [2.75, 3.05) is 19.5 Å². The smallest absolute Gasteiger partial charge is 0.231 e. The summed E-state index contributed by atoms with van der Waals surface area (Å²) in [5, 5.41) is 11.8. The molecule has 2 aromatic carbocycles. The van der Waals surface area contributed by atoms with Gasteiger partial charge < -0.3 is 26.0 Å². The number of methoxy groups -OCH3 is 1. The van der Waals surface area contributed by atoms with Gasteiger partial charge in [-0.05, 0) is 50.6 Å². The number of nitrogens with zero attached hydrogens (tertiary/aromatic N) is 2. The van der Waals surface area contributed by atoms with E-state index in [1.165, 1.54) is 37.5 Å². The summed E-state index contributed by atoms with van der Waals surface area (Å²) in [6.07, 6.45) is -0.0471. The van der Waals surface area contributed by atoms with Gasteiger partial charge in [0.25, 0.3) is 0 Å². The highest BCUT2D eigenvalue weighted by Crippen LogP contribution is 2.46. The first kappa shape index (κ1) is 27.8. The molecule has 5 N–H and O–H groups in total. The van der Waals surface area contributed by atoms with E-state index in [0.29, 0.717) is 37.8 Å². The molecule has 2 atom stereocenters. The summed E-state index contributed by atoms with van der Waals surface area (Å²) in [4.78, 5) is 34.5. The van der Waals surface area contributed by atoms with Gasteiger partial charge in [-0.25, -0.2) is 14.4 Å². The summed E-state index contributed by atoms with van der Waals surface area (Å²) in [5.74, 6) is -0.837. The predicted molar refractivity (Wildman–Crippen MR) is 150 cm³/mol. The van der Waals surface area contributed by atoms with E-state index in [2.05, 4.69) is 9.97 Å². The average Bonchev–Trinajstić information content (AvgIpc) is 3.47. The van der Waals surface area contributed by atoms with Crippen molar-refractivity contribution in [1.29, 1.82) is 0 Å². The first-order chi connectivity index (χ1) is 18.8. The van der Waals surface area contributed by atoms with Gasteiger partial charge in [-0.2, -0.15) is 0 Å². The number of nitrogens with two attached hydrogens (primary N) is 2. The number of thiazole rings is 1. The van der Waals surface area contributed by atoms with Crippen LogP contribution in [0.25, 0.3) is 21.5 Å². The lowest BCUT2D eigenvalue weighted by Gasteiger charge is -2.26. The van der Waals surface area contributed by atoms with E-state index in [9.17, 15) is 19.1 Å². The first-order valence-corrected chi connectivity index (χ1v) is 13.5. The maximum Gasteiger partial charge on any atom is 0.231 e. The van der Waals surface area contributed by atoms with Crippen molar-refractivity contribution in [3.8, 4) is 22.8 Å². The number of halogens is 2. The predicted octanol–water partition coefficient (Wildman–Crippen LogP) is 4.75. The molecule has 0 fully saturated rings. The van der Waals surface area contributed by atoms with E-state index in [4.69, 9.17) is 32.5 Å². The maximum atomic E-state index is 14.4. The molecule has 9 nitrogen and oxygen atoms in total. The number of fused-ring (bicyclic) bond motifs is 2. The Morgan fingerprint density at radius 3 is 2.70 bits per heavy atom. The van der Waals surface area contributed by atoms with Gasteiger partial charge in [-0.15, -0.1) is 0 Å². The number of amides is 1. The minimum atomic E-state index is -1.62. The lowest BCUT2D eigenvalue weighted by atomic mass is 9.81. The van der Waals surface area contributed by atoms with E-state index in [1.807, 2.05) is 0 Å². The van der Waals surface area contributed by atoms with Crippen molar-refractivity contribution in [2.24, 2.45) is 5.73 Å². The molecule has 0 saturated heterocycles. The van der Waals surface area contributed by atoms with Crippen molar-refractivity contribution in [3.05, 3.63) is 64.1 Å². The minimum absolute atomic E-state index is 0.00857. The molecule has 0 aliphatic carbocycles. The number of aromatic nitrogens is 2. The summed E-state index contributed by atoms with van der Waals surface area (Å²) in [6, 6.07) is 8.99. The summed E-state index contributed by atoms with van der Waals surface area (Å²) in [7, 11) is 1.48. The Labute approximate surface area is 237 Å². The van der Waals surface area contributed by atoms with E-state index in [1.54, 1.807) is 31.2 Å². The Bertz CT molecular complexity index is 1690. The number of nitrogen functional groups attached to an aromatic ring is 1. The Morgan fingerprint density at radius 2 is 2.02 bits per heavy atom. The topological polar surface area (TPSA) is 151 Å². The van der Waals surface area contributed by atoms with Crippen molar-refractivity contribution < 1.29 is 28.6 Å². The van der Waals surface area contributed by atoms with Gasteiger partial charge in [0, 0.05) is 23.1 Å². The molecular formula is C28H26ClFN4O5S. The average molecular weight is 585 g/mol. The quantitative estimate of drug-likeness (QED) is 0.251. The van der Waals surface area contributed by atoms with Gasteiger partial charge in [0.15, 0.2) is 10.9 Å². The summed E-state index contributed by atoms with van der Waals surface area (Å²) in [5.41, 5.74) is 10.8. The van der Waals surface area contributed by atoms with Crippen LogP contribution in [0.2, 0.25) is 5.02 Å². The highest BCUT2D eigenvalue weighted by molar-refractivity contribution is 7.22. The fourth-order valence-corrected chi connectivity index (χ4v) is 5.57. The number of benzene rings is 2. The largest absolute Gasteiger partial charge is 0.494 e. The molecule has 1 aliphatic heterocycles. The lowest BCUT2D eigenvalue weighted by Crippen LogP contribution is -2.40. The number of primary amides is 1. The van der Waals surface area contributed by atoms with Crippen LogP contribution in [0.15, 0.2) is 36.4 Å². The fourth-order valence-electron chi connectivity index (χ4n) is 4.66. The minimum Gasteiger partial charge on any atom is -0.494 e. The second-order valence-corrected chi connectivity index (χ2v) is 11.6. The maximum absolute atomic E-state index is 14.4. The highest BCUT2D eigenvalue weighted by Gasteiger charge is 2.45. The second kappa shape index (κ2) is 9.99. The molecule has 1 aliphatic rings. The third kappa shape index (κ3) is 4.74. The number of hydrogen-bond donors (Lipinski definition) is 3. The van der Waals surface area contributed by atoms with Crippen LogP contribution < -0.4 is 20.9 Å². The first-order valence-electron chi connectivity index (χ1n) is 12.3. The molecule has 0 bridgehead atoms. The highest BCUT2D eigenvalue weighted by atomic mass is 35.5. The van der Waals surface area contributed by atoms with Crippen molar-refractivity contribution >= 4 is 50.0 Å². The molecule has 0 radical (unpaired) electrons. The number of aliphatic hydroxyl groups is 1. The van der Waals surface area contributed by atoms with Crippen LogP contribution in [-0.4, -0.2) is 40.5 Å². The number of Topliss-reactive ketones (excluding diaryl/α,β-unsaturated/α-hetero) is 1. The zero-order valence-electron chi connectivity index (χ0n) is 21.9. The summed E-state index contributed by atoms with van der Waals surface area (Å²) < 4.78 is 26.3. The number of carbonyl (C=O) groups is 2. The Kier molecular flexibility index (Phi) is 6.93.